The fourth-order valence-corrected chi connectivity index (χ4v) is 2.35. The molecule has 2 aromatic rings. The first-order valence-electron chi connectivity index (χ1n) is 7.49. The van der Waals surface area contributed by atoms with E-state index in [9.17, 15) is 9.18 Å². The molecule has 0 saturated carbocycles. The zero-order valence-corrected chi connectivity index (χ0v) is 12.9. The predicted molar refractivity (Wildman–Crippen MR) is 89.3 cm³/mol. The van der Waals surface area contributed by atoms with Crippen LogP contribution in [-0.4, -0.2) is 5.91 Å². The van der Waals surface area contributed by atoms with E-state index in [0.717, 1.165) is 29.7 Å². The van der Waals surface area contributed by atoms with Crippen LogP contribution < -0.4 is 5.32 Å². The number of benzene rings is 2. The van der Waals surface area contributed by atoms with Crippen molar-refractivity contribution in [3.63, 3.8) is 0 Å². The van der Waals surface area contributed by atoms with E-state index in [4.69, 9.17) is 0 Å². The summed E-state index contributed by atoms with van der Waals surface area (Å²) < 4.78 is 13.1. The molecule has 0 fully saturated rings. The summed E-state index contributed by atoms with van der Waals surface area (Å²) in [6.07, 6.45) is 4.76. The average Bonchev–Trinajstić information content (AvgIpc) is 2.53. The normalized spacial score (nSPS) is 10.9. The standard InChI is InChI=1S/C19H20FNO/c1-3-15-8-6-9-16(4-2)19(15)21-18(22)12-11-14-7-5-10-17(20)13-14/h5-13H,3-4H2,1-2H3,(H,21,22)/b12-11+. The number of rotatable bonds is 5. The van der Waals surface area contributed by atoms with Crippen molar-refractivity contribution in [3.8, 4) is 0 Å². The van der Waals surface area contributed by atoms with Crippen molar-refractivity contribution >= 4 is 17.7 Å². The van der Waals surface area contributed by atoms with Crippen LogP contribution in [0, 0.1) is 5.82 Å². The monoisotopic (exact) mass is 297 g/mol. The number of carbonyl (C=O) groups excluding carboxylic acids is 1. The van der Waals surface area contributed by atoms with Crippen LogP contribution in [0.4, 0.5) is 10.1 Å². The number of hydrogen-bond acceptors (Lipinski definition) is 1. The molecule has 0 heterocycles. The molecule has 0 aliphatic rings. The molecular formula is C19H20FNO. The number of nitrogens with one attached hydrogen (secondary N) is 1. The second-order valence-electron chi connectivity index (χ2n) is 5.04. The molecule has 1 amide bonds. The number of aryl methyl sites for hydroxylation is 2. The highest BCUT2D eigenvalue weighted by atomic mass is 19.1. The van der Waals surface area contributed by atoms with E-state index in [1.165, 1.54) is 18.2 Å². The van der Waals surface area contributed by atoms with Gasteiger partial charge >= 0.3 is 0 Å². The summed E-state index contributed by atoms with van der Waals surface area (Å²) in [5.74, 6) is -0.521. The van der Waals surface area contributed by atoms with Gasteiger partial charge in [-0.3, -0.25) is 4.79 Å². The number of amides is 1. The summed E-state index contributed by atoms with van der Waals surface area (Å²) in [5, 5.41) is 2.95. The first-order chi connectivity index (χ1) is 10.6. The fourth-order valence-electron chi connectivity index (χ4n) is 2.35. The van der Waals surface area contributed by atoms with Crippen LogP contribution in [0.2, 0.25) is 0 Å². The Balaban J connectivity index is 2.15. The molecular weight excluding hydrogens is 277 g/mol. The Labute approximate surface area is 130 Å². The van der Waals surface area contributed by atoms with Crippen molar-refractivity contribution in [2.45, 2.75) is 26.7 Å². The van der Waals surface area contributed by atoms with Crippen molar-refractivity contribution in [2.75, 3.05) is 5.32 Å². The third kappa shape index (κ3) is 4.04. The molecule has 2 nitrogen and oxygen atoms in total. The van der Waals surface area contributed by atoms with Crippen LogP contribution in [0.5, 0.6) is 0 Å². The molecule has 3 heteroatoms. The molecule has 0 aliphatic carbocycles. The van der Waals surface area contributed by atoms with Crippen molar-refractivity contribution in [1.82, 2.24) is 0 Å². The Bertz CT molecular complexity index is 669. The number of para-hydroxylation sites is 1. The van der Waals surface area contributed by atoms with Gasteiger partial charge in [0.15, 0.2) is 0 Å². The summed E-state index contributed by atoms with van der Waals surface area (Å²) >= 11 is 0. The molecule has 0 aromatic heterocycles. The van der Waals surface area contributed by atoms with E-state index in [1.807, 2.05) is 18.2 Å². The maximum Gasteiger partial charge on any atom is 0.248 e. The van der Waals surface area contributed by atoms with E-state index in [-0.39, 0.29) is 11.7 Å². The minimum atomic E-state index is -0.313. The Kier molecular flexibility index (Phi) is 5.48. The summed E-state index contributed by atoms with van der Waals surface area (Å²) in [4.78, 5) is 12.1. The van der Waals surface area contributed by atoms with Gasteiger partial charge in [-0.15, -0.1) is 0 Å². The van der Waals surface area contributed by atoms with Crippen molar-refractivity contribution in [1.29, 1.82) is 0 Å². The summed E-state index contributed by atoms with van der Waals surface area (Å²) in [7, 11) is 0. The van der Waals surface area contributed by atoms with Crippen molar-refractivity contribution in [2.24, 2.45) is 0 Å². The summed E-state index contributed by atoms with van der Waals surface area (Å²) in [6, 6.07) is 12.2. The molecule has 2 aromatic carbocycles. The number of hydrogen-bond donors (Lipinski definition) is 1. The number of halogens is 1. The lowest BCUT2D eigenvalue weighted by Gasteiger charge is -2.13. The lowest BCUT2D eigenvalue weighted by molar-refractivity contribution is -0.111. The molecule has 22 heavy (non-hydrogen) atoms. The first kappa shape index (κ1) is 16.0. The van der Waals surface area contributed by atoms with Gasteiger partial charge in [0.2, 0.25) is 5.91 Å². The lowest BCUT2D eigenvalue weighted by atomic mass is 10.0. The zero-order valence-electron chi connectivity index (χ0n) is 12.9. The molecule has 0 aliphatic heterocycles. The van der Waals surface area contributed by atoms with E-state index < -0.39 is 0 Å². The van der Waals surface area contributed by atoms with Crippen LogP contribution in [0.25, 0.3) is 6.08 Å². The quantitative estimate of drug-likeness (QED) is 0.803. The number of anilines is 1. The van der Waals surface area contributed by atoms with Gasteiger partial charge in [-0.2, -0.15) is 0 Å². The second kappa shape index (κ2) is 7.55. The zero-order chi connectivity index (χ0) is 15.9. The molecule has 114 valence electrons. The Morgan fingerprint density at radius 1 is 1.09 bits per heavy atom. The molecule has 0 bridgehead atoms. The first-order valence-corrected chi connectivity index (χ1v) is 7.49. The number of carbonyl (C=O) groups is 1. The maximum atomic E-state index is 13.1. The van der Waals surface area contributed by atoms with Gasteiger partial charge < -0.3 is 5.32 Å². The highest BCUT2D eigenvalue weighted by molar-refractivity contribution is 6.02. The van der Waals surface area contributed by atoms with Crippen molar-refractivity contribution in [3.05, 3.63) is 71.0 Å². The van der Waals surface area contributed by atoms with Crippen LogP contribution in [0.15, 0.2) is 48.5 Å². The van der Waals surface area contributed by atoms with E-state index in [0.29, 0.717) is 5.56 Å². The van der Waals surface area contributed by atoms with Gasteiger partial charge in [0, 0.05) is 11.8 Å². The fraction of sp³-hybridized carbons (Fsp3) is 0.211. The van der Waals surface area contributed by atoms with Crippen LogP contribution in [0.3, 0.4) is 0 Å². The smallest absolute Gasteiger partial charge is 0.248 e. The minimum absolute atomic E-state index is 0.208. The van der Waals surface area contributed by atoms with Gasteiger partial charge in [0.25, 0.3) is 0 Å². The summed E-state index contributed by atoms with van der Waals surface area (Å²) in [5.41, 5.74) is 3.79. The molecule has 0 radical (unpaired) electrons. The molecule has 0 unspecified atom stereocenters. The average molecular weight is 297 g/mol. The highest BCUT2D eigenvalue weighted by Gasteiger charge is 2.08. The van der Waals surface area contributed by atoms with Gasteiger partial charge in [-0.05, 0) is 47.7 Å². The lowest BCUT2D eigenvalue weighted by Crippen LogP contribution is -2.11. The molecule has 2 rings (SSSR count). The molecule has 0 atom stereocenters. The largest absolute Gasteiger partial charge is 0.322 e. The minimum Gasteiger partial charge on any atom is -0.322 e. The Morgan fingerprint density at radius 2 is 1.73 bits per heavy atom. The van der Waals surface area contributed by atoms with Crippen molar-refractivity contribution < 1.29 is 9.18 Å². The molecule has 0 saturated heterocycles. The summed E-state index contributed by atoms with van der Waals surface area (Å²) in [6.45, 7) is 4.13. The van der Waals surface area contributed by atoms with Crippen LogP contribution >= 0.6 is 0 Å². The third-order valence-corrected chi connectivity index (χ3v) is 3.52. The SMILES string of the molecule is CCc1cccc(CC)c1NC(=O)/C=C/c1cccc(F)c1. The maximum absolute atomic E-state index is 13.1. The molecule has 1 N–H and O–H groups in total. The Morgan fingerprint density at radius 3 is 2.32 bits per heavy atom. The van der Waals surface area contributed by atoms with Gasteiger partial charge in [-0.1, -0.05) is 44.2 Å². The van der Waals surface area contributed by atoms with Gasteiger partial charge in [0.05, 0.1) is 0 Å². The third-order valence-electron chi connectivity index (χ3n) is 3.52. The predicted octanol–water partition coefficient (Wildman–Crippen LogP) is 4.60. The van der Waals surface area contributed by atoms with Gasteiger partial charge in [0.1, 0.15) is 5.82 Å². The van der Waals surface area contributed by atoms with E-state index >= 15 is 0 Å². The van der Waals surface area contributed by atoms with E-state index in [1.54, 1.807) is 18.2 Å². The molecule has 0 spiro atoms. The second-order valence-corrected chi connectivity index (χ2v) is 5.04. The van der Waals surface area contributed by atoms with Gasteiger partial charge in [-0.25, -0.2) is 4.39 Å². The van der Waals surface area contributed by atoms with E-state index in [2.05, 4.69) is 19.2 Å². The topological polar surface area (TPSA) is 29.1 Å². The van der Waals surface area contributed by atoms with Crippen LogP contribution in [-0.2, 0) is 17.6 Å². The Hall–Kier alpha value is -2.42. The van der Waals surface area contributed by atoms with Crippen LogP contribution in [0.1, 0.15) is 30.5 Å². The highest BCUT2D eigenvalue weighted by Crippen LogP contribution is 2.22.